The Labute approximate surface area is 122 Å². The van der Waals surface area contributed by atoms with E-state index in [0.29, 0.717) is 17.9 Å². The highest BCUT2D eigenvalue weighted by atomic mass is 19.1. The summed E-state index contributed by atoms with van der Waals surface area (Å²) in [4.78, 5) is 2.17. The van der Waals surface area contributed by atoms with E-state index in [4.69, 9.17) is 0 Å². The van der Waals surface area contributed by atoms with Gasteiger partial charge in [0.2, 0.25) is 0 Å². The molecule has 21 heavy (non-hydrogen) atoms. The third-order valence-corrected chi connectivity index (χ3v) is 3.84. The summed E-state index contributed by atoms with van der Waals surface area (Å²) in [5.41, 5.74) is 1.61. The summed E-state index contributed by atoms with van der Waals surface area (Å²) >= 11 is 0. The van der Waals surface area contributed by atoms with Gasteiger partial charge in [0.25, 0.3) is 0 Å². The van der Waals surface area contributed by atoms with Crippen molar-refractivity contribution in [2.45, 2.75) is 19.8 Å². The van der Waals surface area contributed by atoms with Crippen LogP contribution in [0.5, 0.6) is 0 Å². The van der Waals surface area contributed by atoms with Crippen LogP contribution in [0.25, 0.3) is 0 Å². The number of anilines is 1. The highest BCUT2D eigenvalue weighted by Crippen LogP contribution is 2.25. The van der Waals surface area contributed by atoms with E-state index < -0.39 is 11.6 Å². The summed E-state index contributed by atoms with van der Waals surface area (Å²) in [5, 5.41) is 8.25. The van der Waals surface area contributed by atoms with Crippen molar-refractivity contribution in [2.75, 3.05) is 18.0 Å². The molecule has 0 radical (unpaired) electrons. The number of hydrogen-bond donors (Lipinski definition) is 0. The number of halogens is 2. The third-order valence-electron chi connectivity index (χ3n) is 3.84. The molecule has 1 aromatic carbocycles. The van der Waals surface area contributed by atoms with E-state index in [1.807, 2.05) is 19.1 Å². The van der Waals surface area contributed by atoms with Gasteiger partial charge in [-0.15, -0.1) is 5.10 Å². The Kier molecular flexibility index (Phi) is 3.82. The lowest BCUT2D eigenvalue weighted by Gasteiger charge is -2.17. The summed E-state index contributed by atoms with van der Waals surface area (Å²) < 4.78 is 26.4. The zero-order chi connectivity index (χ0) is 14.8. The Morgan fingerprint density at radius 2 is 1.90 bits per heavy atom. The van der Waals surface area contributed by atoms with Crippen molar-refractivity contribution in [3.05, 3.63) is 53.2 Å². The van der Waals surface area contributed by atoms with Crippen LogP contribution in [0, 0.1) is 24.5 Å². The average molecular weight is 289 g/mol. The fourth-order valence-corrected chi connectivity index (χ4v) is 2.83. The average Bonchev–Trinajstić information content (AvgIpc) is 2.87. The van der Waals surface area contributed by atoms with E-state index >= 15 is 0 Å². The van der Waals surface area contributed by atoms with Gasteiger partial charge in [-0.05, 0) is 55.5 Å². The third kappa shape index (κ3) is 3.35. The molecule has 1 fully saturated rings. The van der Waals surface area contributed by atoms with Crippen molar-refractivity contribution >= 4 is 5.82 Å². The summed E-state index contributed by atoms with van der Waals surface area (Å²) in [6.07, 6.45) is 1.68. The Balaban J connectivity index is 1.65. The number of benzene rings is 1. The summed E-state index contributed by atoms with van der Waals surface area (Å²) in [7, 11) is 0. The molecule has 1 atom stereocenters. The lowest BCUT2D eigenvalue weighted by Crippen LogP contribution is -2.21. The minimum Gasteiger partial charge on any atom is -0.355 e. The Morgan fingerprint density at radius 3 is 2.57 bits per heavy atom. The van der Waals surface area contributed by atoms with Gasteiger partial charge in [0.05, 0.1) is 5.69 Å². The molecular weight excluding hydrogens is 272 g/mol. The molecule has 3 nitrogen and oxygen atoms in total. The van der Waals surface area contributed by atoms with E-state index in [-0.39, 0.29) is 0 Å². The van der Waals surface area contributed by atoms with Crippen LogP contribution in [0.3, 0.4) is 0 Å². The standard InChI is InChI=1S/C16H17F2N3/c1-11-2-3-16(20-19-11)21-5-4-12(10-21)6-13-7-14(17)9-15(18)8-13/h2-3,7-9,12H,4-6,10H2,1H3. The SMILES string of the molecule is Cc1ccc(N2CCC(Cc3cc(F)cc(F)c3)C2)nn1. The molecule has 0 spiro atoms. The van der Waals surface area contributed by atoms with Gasteiger partial charge in [0.1, 0.15) is 11.6 Å². The van der Waals surface area contributed by atoms with Crippen molar-refractivity contribution in [1.82, 2.24) is 10.2 Å². The molecule has 0 amide bonds. The van der Waals surface area contributed by atoms with Gasteiger partial charge >= 0.3 is 0 Å². The van der Waals surface area contributed by atoms with Crippen LogP contribution in [0.1, 0.15) is 17.7 Å². The minimum absolute atomic E-state index is 0.384. The first kappa shape index (κ1) is 13.9. The molecule has 5 heteroatoms. The first-order valence-corrected chi connectivity index (χ1v) is 7.10. The monoisotopic (exact) mass is 289 g/mol. The predicted octanol–water partition coefficient (Wildman–Crippen LogP) is 3.13. The summed E-state index contributed by atoms with van der Waals surface area (Å²) in [6.45, 7) is 3.65. The number of hydrogen-bond acceptors (Lipinski definition) is 3. The van der Waals surface area contributed by atoms with Crippen molar-refractivity contribution in [1.29, 1.82) is 0 Å². The van der Waals surface area contributed by atoms with Crippen LogP contribution in [-0.2, 0) is 6.42 Å². The van der Waals surface area contributed by atoms with Gasteiger partial charge in [0.15, 0.2) is 5.82 Å². The van der Waals surface area contributed by atoms with Crippen molar-refractivity contribution in [2.24, 2.45) is 5.92 Å². The topological polar surface area (TPSA) is 29.0 Å². The van der Waals surface area contributed by atoms with Gasteiger partial charge in [-0.1, -0.05) is 0 Å². The van der Waals surface area contributed by atoms with Crippen molar-refractivity contribution in [3.8, 4) is 0 Å². The molecule has 3 rings (SSSR count). The van der Waals surface area contributed by atoms with Crippen LogP contribution in [0.15, 0.2) is 30.3 Å². The second-order valence-corrected chi connectivity index (χ2v) is 5.62. The molecule has 0 aliphatic carbocycles. The van der Waals surface area contributed by atoms with Gasteiger partial charge in [-0.25, -0.2) is 8.78 Å². The van der Waals surface area contributed by atoms with Crippen LogP contribution in [0.4, 0.5) is 14.6 Å². The fraction of sp³-hybridized carbons (Fsp3) is 0.375. The molecule has 1 aliphatic heterocycles. The molecule has 0 N–H and O–H groups in total. The molecule has 2 heterocycles. The molecule has 1 unspecified atom stereocenters. The van der Waals surface area contributed by atoms with Gasteiger partial charge in [-0.3, -0.25) is 0 Å². The largest absolute Gasteiger partial charge is 0.355 e. The number of nitrogens with zero attached hydrogens (tertiary/aromatic N) is 3. The van der Waals surface area contributed by atoms with Gasteiger partial charge < -0.3 is 4.90 Å². The maximum absolute atomic E-state index is 13.2. The highest BCUT2D eigenvalue weighted by Gasteiger charge is 2.24. The minimum atomic E-state index is -0.510. The molecule has 1 aromatic heterocycles. The lowest BCUT2D eigenvalue weighted by atomic mass is 9.98. The van der Waals surface area contributed by atoms with Crippen LogP contribution in [0.2, 0.25) is 0 Å². The highest BCUT2D eigenvalue weighted by molar-refractivity contribution is 5.38. The lowest BCUT2D eigenvalue weighted by molar-refractivity contribution is 0.558. The maximum atomic E-state index is 13.2. The number of aromatic nitrogens is 2. The predicted molar refractivity (Wildman–Crippen MR) is 77.2 cm³/mol. The summed E-state index contributed by atoms with van der Waals surface area (Å²) in [5.74, 6) is 0.233. The Bertz CT molecular complexity index is 608. The molecular formula is C16H17F2N3. The van der Waals surface area contributed by atoms with E-state index in [9.17, 15) is 8.78 Å². The molecule has 1 aliphatic rings. The summed E-state index contributed by atoms with van der Waals surface area (Å²) in [6, 6.07) is 7.64. The molecule has 110 valence electrons. The molecule has 2 aromatic rings. The van der Waals surface area contributed by atoms with E-state index in [1.165, 1.54) is 12.1 Å². The van der Waals surface area contributed by atoms with E-state index in [1.54, 1.807) is 0 Å². The van der Waals surface area contributed by atoms with Crippen LogP contribution >= 0.6 is 0 Å². The number of rotatable bonds is 3. The van der Waals surface area contributed by atoms with Gasteiger partial charge in [-0.2, -0.15) is 5.10 Å². The number of aryl methyl sites for hydroxylation is 1. The van der Waals surface area contributed by atoms with Gasteiger partial charge in [0, 0.05) is 19.2 Å². The second-order valence-electron chi connectivity index (χ2n) is 5.62. The maximum Gasteiger partial charge on any atom is 0.151 e. The van der Waals surface area contributed by atoms with Crippen LogP contribution in [-0.4, -0.2) is 23.3 Å². The second kappa shape index (κ2) is 5.76. The smallest absolute Gasteiger partial charge is 0.151 e. The quantitative estimate of drug-likeness (QED) is 0.869. The van der Waals surface area contributed by atoms with Crippen molar-refractivity contribution < 1.29 is 8.78 Å². The van der Waals surface area contributed by atoms with E-state index in [0.717, 1.165) is 37.1 Å². The van der Waals surface area contributed by atoms with E-state index in [2.05, 4.69) is 15.1 Å². The normalized spacial score (nSPS) is 18.2. The fourth-order valence-electron chi connectivity index (χ4n) is 2.83. The molecule has 0 saturated carbocycles. The van der Waals surface area contributed by atoms with Crippen LogP contribution < -0.4 is 4.90 Å². The Morgan fingerprint density at radius 1 is 1.14 bits per heavy atom. The molecule has 1 saturated heterocycles. The Hall–Kier alpha value is -2.04. The zero-order valence-electron chi connectivity index (χ0n) is 11.9. The first-order valence-electron chi connectivity index (χ1n) is 7.10. The van der Waals surface area contributed by atoms with Crippen molar-refractivity contribution in [3.63, 3.8) is 0 Å². The zero-order valence-corrected chi connectivity index (χ0v) is 11.9. The molecule has 0 bridgehead atoms. The first-order chi connectivity index (χ1) is 10.1.